The largest absolute Gasteiger partial charge is 0.497 e. The highest BCUT2D eigenvalue weighted by atomic mass is 32.2. The van der Waals surface area contributed by atoms with Gasteiger partial charge >= 0.3 is 0 Å². The minimum atomic E-state index is -3.69. The molecule has 1 aliphatic rings. The highest BCUT2D eigenvalue weighted by molar-refractivity contribution is 7.89. The van der Waals surface area contributed by atoms with E-state index in [1.807, 2.05) is 36.4 Å². The molecular formula is C24H25N3O5S. The zero-order valence-corrected chi connectivity index (χ0v) is 19.3. The Labute approximate surface area is 192 Å². The monoisotopic (exact) mass is 467 g/mol. The van der Waals surface area contributed by atoms with Gasteiger partial charge in [-0.1, -0.05) is 24.3 Å². The molecule has 9 heteroatoms. The Bertz CT molecular complexity index is 1310. The number of carbonyl (C=O) groups excluding carboxylic acids is 1. The summed E-state index contributed by atoms with van der Waals surface area (Å²) in [6.45, 7) is 3.09. The van der Waals surface area contributed by atoms with Gasteiger partial charge < -0.3 is 9.47 Å². The van der Waals surface area contributed by atoms with E-state index in [-0.39, 0.29) is 10.5 Å². The molecular weight excluding hydrogens is 442 g/mol. The van der Waals surface area contributed by atoms with E-state index in [1.54, 1.807) is 26.2 Å². The van der Waals surface area contributed by atoms with Crippen molar-refractivity contribution in [3.63, 3.8) is 0 Å². The van der Waals surface area contributed by atoms with Gasteiger partial charge in [0.05, 0.1) is 30.9 Å². The van der Waals surface area contributed by atoms with Crippen LogP contribution in [-0.4, -0.2) is 57.8 Å². The van der Waals surface area contributed by atoms with Gasteiger partial charge in [-0.25, -0.2) is 13.8 Å². The summed E-state index contributed by atoms with van der Waals surface area (Å²) >= 11 is 0. The number of ether oxygens (including phenoxy) is 2. The number of carbonyl (C=O) groups is 1. The second kappa shape index (κ2) is 9.70. The fourth-order valence-electron chi connectivity index (χ4n) is 3.57. The zero-order chi connectivity index (χ0) is 23.4. The number of hydrazone groups is 1. The Balaban J connectivity index is 1.50. The van der Waals surface area contributed by atoms with Crippen LogP contribution in [0.2, 0.25) is 0 Å². The summed E-state index contributed by atoms with van der Waals surface area (Å²) < 4.78 is 37.6. The van der Waals surface area contributed by atoms with Gasteiger partial charge in [0.1, 0.15) is 5.75 Å². The van der Waals surface area contributed by atoms with Crippen molar-refractivity contribution in [2.75, 3.05) is 33.4 Å². The molecule has 1 saturated heterocycles. The third kappa shape index (κ3) is 5.05. The Morgan fingerprint density at radius 1 is 1.00 bits per heavy atom. The number of morpholine rings is 1. The minimum absolute atomic E-state index is 0.0720. The summed E-state index contributed by atoms with van der Waals surface area (Å²) in [5, 5.41) is 6.27. The lowest BCUT2D eigenvalue weighted by Crippen LogP contribution is -2.40. The number of benzene rings is 3. The third-order valence-electron chi connectivity index (χ3n) is 5.49. The lowest BCUT2D eigenvalue weighted by molar-refractivity contribution is 0.0730. The van der Waals surface area contributed by atoms with Crippen molar-refractivity contribution < 1.29 is 22.7 Å². The summed E-state index contributed by atoms with van der Waals surface area (Å²) in [5.41, 5.74) is 4.22. The molecule has 4 rings (SSSR count). The molecule has 172 valence electrons. The van der Waals surface area contributed by atoms with Crippen molar-refractivity contribution >= 4 is 32.4 Å². The summed E-state index contributed by atoms with van der Waals surface area (Å²) in [4.78, 5) is 12.7. The third-order valence-corrected chi connectivity index (χ3v) is 7.39. The second-order valence-electron chi connectivity index (χ2n) is 7.61. The molecule has 33 heavy (non-hydrogen) atoms. The summed E-state index contributed by atoms with van der Waals surface area (Å²) in [7, 11) is -2.06. The van der Waals surface area contributed by atoms with Crippen molar-refractivity contribution in [1.82, 2.24) is 9.73 Å². The molecule has 0 saturated carbocycles. The number of nitrogens with zero attached hydrogens (tertiary/aromatic N) is 2. The Kier molecular flexibility index (Phi) is 6.73. The fourth-order valence-corrected chi connectivity index (χ4v) is 5.03. The van der Waals surface area contributed by atoms with Crippen LogP contribution in [0.1, 0.15) is 22.8 Å². The van der Waals surface area contributed by atoms with Gasteiger partial charge in [0.25, 0.3) is 5.91 Å². The fraction of sp³-hybridized carbons (Fsp3) is 0.250. The maximum Gasteiger partial charge on any atom is 0.271 e. The lowest BCUT2D eigenvalue weighted by Gasteiger charge is -2.26. The van der Waals surface area contributed by atoms with Crippen LogP contribution in [0.3, 0.4) is 0 Å². The lowest BCUT2D eigenvalue weighted by atomic mass is 10.0. The van der Waals surface area contributed by atoms with Crippen LogP contribution in [0.4, 0.5) is 0 Å². The van der Waals surface area contributed by atoms with E-state index < -0.39 is 15.9 Å². The molecule has 3 aromatic rings. The molecule has 0 atom stereocenters. The SMILES string of the molecule is COc1ccc2cc(/C(C)=N/NC(=O)c3cccc(S(=O)(=O)N4CCOCC4)c3)ccc2c1. The maximum atomic E-state index is 12.9. The number of hydrogen-bond donors (Lipinski definition) is 1. The standard InChI is InChI=1S/C24H25N3O5S/c1-17(18-6-7-20-15-22(31-2)9-8-19(20)14-18)25-26-24(28)21-4-3-5-23(16-21)33(29,30)27-10-12-32-13-11-27/h3-9,14-16H,10-13H2,1-2H3,(H,26,28)/b25-17+. The van der Waals surface area contributed by atoms with Crippen LogP contribution < -0.4 is 10.2 Å². The van der Waals surface area contributed by atoms with Crippen LogP contribution in [0, 0.1) is 0 Å². The highest BCUT2D eigenvalue weighted by Crippen LogP contribution is 2.22. The first-order chi connectivity index (χ1) is 15.9. The first kappa shape index (κ1) is 22.9. The van der Waals surface area contributed by atoms with E-state index in [0.717, 1.165) is 22.1 Å². The molecule has 0 unspecified atom stereocenters. The maximum absolute atomic E-state index is 12.9. The van der Waals surface area contributed by atoms with Gasteiger partial charge in [-0.3, -0.25) is 4.79 Å². The van der Waals surface area contributed by atoms with Crippen LogP contribution >= 0.6 is 0 Å². The average Bonchev–Trinajstić information content (AvgIpc) is 2.87. The van der Waals surface area contributed by atoms with Gasteiger partial charge in [0.15, 0.2) is 0 Å². The first-order valence-electron chi connectivity index (χ1n) is 10.5. The molecule has 0 aliphatic carbocycles. The molecule has 1 fully saturated rings. The number of hydrogen-bond acceptors (Lipinski definition) is 6. The van der Waals surface area contributed by atoms with Gasteiger partial charge in [-0.2, -0.15) is 9.41 Å². The first-order valence-corrected chi connectivity index (χ1v) is 11.9. The Morgan fingerprint density at radius 3 is 2.48 bits per heavy atom. The Hall–Kier alpha value is -3.27. The topological polar surface area (TPSA) is 97.3 Å². The van der Waals surface area contributed by atoms with Crippen molar-refractivity contribution in [1.29, 1.82) is 0 Å². The van der Waals surface area contributed by atoms with E-state index in [0.29, 0.717) is 32.0 Å². The zero-order valence-electron chi connectivity index (χ0n) is 18.4. The molecule has 0 aromatic heterocycles. The Morgan fingerprint density at radius 2 is 1.73 bits per heavy atom. The number of sulfonamides is 1. The van der Waals surface area contributed by atoms with Gasteiger partial charge in [-0.05, 0) is 59.7 Å². The number of methoxy groups -OCH3 is 1. The molecule has 0 spiro atoms. The molecule has 1 aliphatic heterocycles. The minimum Gasteiger partial charge on any atom is -0.497 e. The molecule has 0 radical (unpaired) electrons. The predicted molar refractivity (Wildman–Crippen MR) is 126 cm³/mol. The van der Waals surface area contributed by atoms with E-state index >= 15 is 0 Å². The van der Waals surface area contributed by atoms with E-state index in [9.17, 15) is 13.2 Å². The number of fused-ring (bicyclic) bond motifs is 1. The molecule has 1 N–H and O–H groups in total. The van der Waals surface area contributed by atoms with E-state index in [2.05, 4.69) is 10.5 Å². The van der Waals surface area contributed by atoms with Gasteiger partial charge in [0.2, 0.25) is 10.0 Å². The summed E-state index contributed by atoms with van der Waals surface area (Å²) in [5.74, 6) is 0.296. The molecule has 0 bridgehead atoms. The van der Waals surface area contributed by atoms with Crippen molar-refractivity contribution in [3.8, 4) is 5.75 Å². The van der Waals surface area contributed by atoms with E-state index in [1.165, 1.54) is 16.4 Å². The van der Waals surface area contributed by atoms with Gasteiger partial charge in [-0.15, -0.1) is 0 Å². The van der Waals surface area contributed by atoms with Crippen LogP contribution in [0.15, 0.2) is 70.7 Å². The van der Waals surface area contributed by atoms with Crippen molar-refractivity contribution in [2.45, 2.75) is 11.8 Å². The summed E-state index contributed by atoms with van der Waals surface area (Å²) in [6, 6.07) is 17.6. The van der Waals surface area contributed by atoms with E-state index in [4.69, 9.17) is 9.47 Å². The number of rotatable bonds is 6. The smallest absolute Gasteiger partial charge is 0.271 e. The summed E-state index contributed by atoms with van der Waals surface area (Å²) in [6.07, 6.45) is 0. The highest BCUT2D eigenvalue weighted by Gasteiger charge is 2.26. The number of nitrogens with one attached hydrogen (secondary N) is 1. The molecule has 8 nitrogen and oxygen atoms in total. The number of amides is 1. The molecule has 3 aromatic carbocycles. The molecule has 1 heterocycles. The van der Waals surface area contributed by atoms with Crippen LogP contribution in [0.5, 0.6) is 5.75 Å². The normalized spacial score (nSPS) is 15.4. The van der Waals surface area contributed by atoms with Crippen molar-refractivity contribution in [2.24, 2.45) is 5.10 Å². The van der Waals surface area contributed by atoms with Crippen molar-refractivity contribution in [3.05, 3.63) is 71.8 Å². The second-order valence-corrected chi connectivity index (χ2v) is 9.55. The quantitative estimate of drug-likeness (QED) is 0.444. The molecule has 1 amide bonds. The van der Waals surface area contributed by atoms with Gasteiger partial charge in [0, 0.05) is 18.7 Å². The van der Waals surface area contributed by atoms with Crippen LogP contribution in [0.25, 0.3) is 10.8 Å². The van der Waals surface area contributed by atoms with Crippen LogP contribution in [-0.2, 0) is 14.8 Å². The predicted octanol–water partition coefficient (Wildman–Crippen LogP) is 3.02. The average molecular weight is 468 g/mol.